The molecule has 1 aromatic carbocycles. The number of piperidine rings is 1. The van der Waals surface area contributed by atoms with Gasteiger partial charge in [0.25, 0.3) is 0 Å². The maximum absolute atomic E-state index is 12.2. The molecule has 1 aromatic rings. The van der Waals surface area contributed by atoms with E-state index < -0.39 is 5.60 Å². The Kier molecular flexibility index (Phi) is 4.03. The molecule has 0 saturated carbocycles. The molecule has 3 rings (SSSR count). The summed E-state index contributed by atoms with van der Waals surface area (Å²) < 4.78 is 10.8. The highest BCUT2D eigenvalue weighted by Crippen LogP contribution is 2.47. The van der Waals surface area contributed by atoms with E-state index in [-0.39, 0.29) is 11.5 Å². The third kappa shape index (κ3) is 3.17. The summed E-state index contributed by atoms with van der Waals surface area (Å²) in [6.07, 6.45) is 4.15. The van der Waals surface area contributed by atoms with Crippen LogP contribution < -0.4 is 4.74 Å². The standard InChI is InChI=1S/C19H27NO3/c1-18(2,3)23-17(21)20-11-9-19(10-12-20)8-7-14-13-15(22-4)5-6-16(14)19/h5-6,13H,7-12H2,1-4H3. The van der Waals surface area contributed by atoms with Crippen molar-refractivity contribution < 1.29 is 14.3 Å². The number of rotatable bonds is 1. The van der Waals surface area contributed by atoms with Gasteiger partial charge in [0.05, 0.1) is 7.11 Å². The van der Waals surface area contributed by atoms with Gasteiger partial charge in [0.1, 0.15) is 11.4 Å². The minimum absolute atomic E-state index is 0.180. The lowest BCUT2D eigenvalue weighted by molar-refractivity contribution is 0.0164. The summed E-state index contributed by atoms with van der Waals surface area (Å²) in [5.41, 5.74) is 2.68. The molecule has 126 valence electrons. The van der Waals surface area contributed by atoms with Gasteiger partial charge in [-0.3, -0.25) is 0 Å². The number of likely N-dealkylation sites (tertiary alicyclic amines) is 1. The Balaban J connectivity index is 1.69. The summed E-state index contributed by atoms with van der Waals surface area (Å²) in [4.78, 5) is 14.1. The lowest BCUT2D eigenvalue weighted by atomic mass is 9.74. The number of carbonyl (C=O) groups is 1. The fraction of sp³-hybridized carbons (Fsp3) is 0.632. The van der Waals surface area contributed by atoms with Crippen molar-refractivity contribution in [3.8, 4) is 5.75 Å². The van der Waals surface area contributed by atoms with Gasteiger partial charge in [-0.1, -0.05) is 6.07 Å². The summed E-state index contributed by atoms with van der Waals surface area (Å²) in [7, 11) is 1.71. The summed E-state index contributed by atoms with van der Waals surface area (Å²) in [6.45, 7) is 7.30. The number of ether oxygens (including phenoxy) is 2. The van der Waals surface area contributed by atoms with Crippen LogP contribution in [0.2, 0.25) is 0 Å². The van der Waals surface area contributed by atoms with Crippen LogP contribution in [-0.4, -0.2) is 36.8 Å². The molecule has 0 N–H and O–H groups in total. The third-order valence-electron chi connectivity index (χ3n) is 5.13. The van der Waals surface area contributed by atoms with E-state index >= 15 is 0 Å². The topological polar surface area (TPSA) is 38.8 Å². The van der Waals surface area contributed by atoms with Crippen LogP contribution in [0.5, 0.6) is 5.75 Å². The number of nitrogens with zero attached hydrogens (tertiary/aromatic N) is 1. The molecule has 1 aliphatic heterocycles. The van der Waals surface area contributed by atoms with Gasteiger partial charge in [-0.25, -0.2) is 4.79 Å². The van der Waals surface area contributed by atoms with Crippen LogP contribution in [0.15, 0.2) is 18.2 Å². The number of amides is 1. The highest BCUT2D eigenvalue weighted by molar-refractivity contribution is 5.68. The Labute approximate surface area is 138 Å². The van der Waals surface area contributed by atoms with Crippen molar-refractivity contribution in [3.63, 3.8) is 0 Å². The van der Waals surface area contributed by atoms with E-state index in [0.29, 0.717) is 0 Å². The van der Waals surface area contributed by atoms with E-state index in [1.165, 1.54) is 17.5 Å². The average Bonchev–Trinajstić information content (AvgIpc) is 2.84. The van der Waals surface area contributed by atoms with E-state index in [1.54, 1.807) is 7.11 Å². The molecule has 2 aliphatic rings. The van der Waals surface area contributed by atoms with Gasteiger partial charge in [0, 0.05) is 13.1 Å². The SMILES string of the molecule is COc1ccc2c(c1)CCC21CCN(C(=O)OC(C)(C)C)CC1. The lowest BCUT2D eigenvalue weighted by Gasteiger charge is -2.40. The van der Waals surface area contributed by atoms with Crippen LogP contribution in [0.1, 0.15) is 51.2 Å². The largest absolute Gasteiger partial charge is 0.497 e. The zero-order chi connectivity index (χ0) is 16.7. The van der Waals surface area contributed by atoms with Gasteiger partial charge in [-0.15, -0.1) is 0 Å². The number of aryl methyl sites for hydroxylation is 1. The average molecular weight is 317 g/mol. The first-order valence-electron chi connectivity index (χ1n) is 8.48. The number of benzene rings is 1. The molecule has 4 heteroatoms. The molecule has 23 heavy (non-hydrogen) atoms. The number of carbonyl (C=O) groups excluding carboxylic acids is 1. The molecule has 1 heterocycles. The van der Waals surface area contributed by atoms with Crippen molar-refractivity contribution in [2.45, 2.75) is 57.5 Å². The van der Waals surface area contributed by atoms with Gasteiger partial charge in [-0.05, 0) is 75.1 Å². The third-order valence-corrected chi connectivity index (χ3v) is 5.13. The second kappa shape index (κ2) is 5.73. The first-order chi connectivity index (χ1) is 10.8. The van der Waals surface area contributed by atoms with Crippen LogP contribution in [0, 0.1) is 0 Å². The Morgan fingerprint density at radius 2 is 1.87 bits per heavy atom. The predicted octanol–water partition coefficient (Wildman–Crippen LogP) is 3.91. The zero-order valence-corrected chi connectivity index (χ0v) is 14.6. The molecule has 0 aromatic heterocycles. The van der Waals surface area contributed by atoms with Gasteiger partial charge in [0.2, 0.25) is 0 Å². The van der Waals surface area contributed by atoms with Crippen molar-refractivity contribution >= 4 is 6.09 Å². The smallest absolute Gasteiger partial charge is 0.410 e. The van der Waals surface area contributed by atoms with Gasteiger partial charge in [-0.2, -0.15) is 0 Å². The zero-order valence-electron chi connectivity index (χ0n) is 14.6. The van der Waals surface area contributed by atoms with Crippen molar-refractivity contribution in [3.05, 3.63) is 29.3 Å². The summed E-state index contributed by atoms with van der Waals surface area (Å²) in [5, 5.41) is 0. The Morgan fingerprint density at radius 3 is 2.48 bits per heavy atom. The number of fused-ring (bicyclic) bond motifs is 2. The van der Waals surface area contributed by atoms with Gasteiger partial charge >= 0.3 is 6.09 Å². The Bertz CT molecular complexity index is 595. The molecule has 0 radical (unpaired) electrons. The predicted molar refractivity (Wildman–Crippen MR) is 90.0 cm³/mol. The quantitative estimate of drug-likeness (QED) is 0.788. The number of hydrogen-bond acceptors (Lipinski definition) is 3. The molecule has 0 bridgehead atoms. The summed E-state index contributed by atoms with van der Waals surface area (Å²) in [6, 6.07) is 6.46. The maximum Gasteiger partial charge on any atom is 0.410 e. The Morgan fingerprint density at radius 1 is 1.17 bits per heavy atom. The molecule has 1 amide bonds. The summed E-state index contributed by atoms with van der Waals surface area (Å²) >= 11 is 0. The Hall–Kier alpha value is -1.71. The van der Waals surface area contributed by atoms with Crippen LogP contribution in [-0.2, 0) is 16.6 Å². The lowest BCUT2D eigenvalue weighted by Crippen LogP contribution is -2.46. The van der Waals surface area contributed by atoms with Crippen LogP contribution in [0.3, 0.4) is 0 Å². The van der Waals surface area contributed by atoms with E-state index in [1.807, 2.05) is 25.7 Å². The first-order valence-corrected chi connectivity index (χ1v) is 8.48. The highest BCUT2D eigenvalue weighted by atomic mass is 16.6. The minimum Gasteiger partial charge on any atom is -0.497 e. The van der Waals surface area contributed by atoms with E-state index in [9.17, 15) is 4.79 Å². The highest BCUT2D eigenvalue weighted by Gasteiger charge is 2.42. The first kappa shape index (κ1) is 16.2. The molecule has 1 aliphatic carbocycles. The summed E-state index contributed by atoms with van der Waals surface area (Å²) in [5.74, 6) is 0.937. The second-order valence-corrected chi connectivity index (χ2v) is 7.77. The normalized spacial score (nSPS) is 19.6. The second-order valence-electron chi connectivity index (χ2n) is 7.77. The van der Waals surface area contributed by atoms with Crippen LogP contribution in [0.25, 0.3) is 0 Å². The van der Waals surface area contributed by atoms with Crippen molar-refractivity contribution in [1.29, 1.82) is 0 Å². The van der Waals surface area contributed by atoms with E-state index in [0.717, 1.165) is 38.1 Å². The van der Waals surface area contributed by atoms with Gasteiger partial charge < -0.3 is 14.4 Å². The molecular formula is C19H27NO3. The monoisotopic (exact) mass is 317 g/mol. The fourth-order valence-electron chi connectivity index (χ4n) is 3.89. The van der Waals surface area contributed by atoms with Gasteiger partial charge in [0.15, 0.2) is 0 Å². The van der Waals surface area contributed by atoms with E-state index in [4.69, 9.17) is 9.47 Å². The molecule has 0 atom stereocenters. The van der Waals surface area contributed by atoms with Crippen LogP contribution in [0.4, 0.5) is 4.79 Å². The van der Waals surface area contributed by atoms with Crippen molar-refractivity contribution in [2.75, 3.05) is 20.2 Å². The molecule has 4 nitrogen and oxygen atoms in total. The molecule has 1 fully saturated rings. The fourth-order valence-corrected chi connectivity index (χ4v) is 3.89. The van der Waals surface area contributed by atoms with Crippen molar-refractivity contribution in [2.24, 2.45) is 0 Å². The number of methoxy groups -OCH3 is 1. The van der Waals surface area contributed by atoms with Crippen molar-refractivity contribution in [1.82, 2.24) is 4.90 Å². The number of hydrogen-bond donors (Lipinski definition) is 0. The molecule has 0 unspecified atom stereocenters. The molecule has 1 saturated heterocycles. The molecule has 1 spiro atoms. The van der Waals surface area contributed by atoms with E-state index in [2.05, 4.69) is 18.2 Å². The maximum atomic E-state index is 12.2. The minimum atomic E-state index is -0.428. The molecular weight excluding hydrogens is 290 g/mol. The van der Waals surface area contributed by atoms with Crippen LogP contribution >= 0.6 is 0 Å².